The number of nitrogens with one attached hydrogen (secondary N) is 1. The molecule has 1 fully saturated rings. The number of piperazine rings is 1. The highest BCUT2D eigenvalue weighted by atomic mass is 35.5. The normalized spacial score (nSPS) is 15.9. The summed E-state index contributed by atoms with van der Waals surface area (Å²) in [6.07, 6.45) is 0.115. The van der Waals surface area contributed by atoms with Gasteiger partial charge < -0.3 is 20.6 Å². The average Bonchev–Trinajstić information content (AvgIpc) is 3.93. The molecule has 4 N–H and O–H groups in total. The molecule has 3 aromatic heterocycles. The van der Waals surface area contributed by atoms with Crippen LogP contribution in [0.1, 0.15) is 101 Å². The first-order valence-corrected chi connectivity index (χ1v) is 23.4. The molecule has 1 saturated heterocycles. The topological polar surface area (TPSA) is 170 Å². The number of aryl methyl sites for hydroxylation is 2. The number of thiophene rings is 1. The monoisotopic (exact) mass is 924 g/mol. The van der Waals surface area contributed by atoms with Crippen molar-refractivity contribution >= 4 is 34.6 Å². The van der Waals surface area contributed by atoms with Crippen LogP contribution in [0.2, 0.25) is 5.02 Å². The fourth-order valence-corrected chi connectivity index (χ4v) is 10.2. The van der Waals surface area contributed by atoms with Crippen molar-refractivity contribution in [2.45, 2.75) is 79.1 Å². The molecule has 2 atom stereocenters. The third kappa shape index (κ3) is 8.95. The Morgan fingerprint density at radius 2 is 1.42 bits per heavy atom. The Morgan fingerprint density at radius 3 is 2.06 bits per heavy atom. The molecule has 0 spiro atoms. The summed E-state index contributed by atoms with van der Waals surface area (Å²) in [5, 5.41) is 53.6. The predicted octanol–water partition coefficient (Wildman–Crippen LogP) is 8.87. The zero-order valence-corrected chi connectivity index (χ0v) is 39.4. The second-order valence-electron chi connectivity index (χ2n) is 17.6. The van der Waals surface area contributed by atoms with Crippen LogP contribution in [-0.2, 0) is 17.9 Å². The maximum absolute atomic E-state index is 13.8. The number of nitrogens with zero attached hydrogens (tertiary/aromatic N) is 9. The van der Waals surface area contributed by atoms with E-state index >= 15 is 0 Å². The molecule has 5 heterocycles. The summed E-state index contributed by atoms with van der Waals surface area (Å²) in [6, 6.07) is 26.0. The lowest BCUT2D eigenvalue weighted by molar-refractivity contribution is -0.122. The van der Waals surface area contributed by atoms with Crippen molar-refractivity contribution in [3.63, 3.8) is 0 Å². The largest absolute Gasteiger partial charge is 0.508 e. The van der Waals surface area contributed by atoms with Crippen molar-refractivity contribution in [3.8, 4) is 39.6 Å². The molecule has 1 amide bonds. The van der Waals surface area contributed by atoms with E-state index in [0.717, 1.165) is 83.6 Å². The number of halogens is 1. The van der Waals surface area contributed by atoms with Gasteiger partial charge in [0.05, 0.1) is 29.4 Å². The molecule has 0 unspecified atom stereocenters. The van der Waals surface area contributed by atoms with Crippen LogP contribution in [0.15, 0.2) is 89.9 Å². The highest BCUT2D eigenvalue weighted by Crippen LogP contribution is 2.41. The molecule has 2 aliphatic rings. The van der Waals surface area contributed by atoms with Crippen LogP contribution in [0.5, 0.6) is 17.5 Å². The van der Waals surface area contributed by atoms with Crippen LogP contribution in [0.4, 0.5) is 0 Å². The number of benzene rings is 4. The summed E-state index contributed by atoms with van der Waals surface area (Å²) in [6.45, 7) is 17.4. The van der Waals surface area contributed by atoms with E-state index in [9.17, 15) is 20.1 Å². The molecule has 9 rings (SSSR count). The summed E-state index contributed by atoms with van der Waals surface area (Å²) >= 11 is 7.97. The number of phenolic OH excluding ortho intramolecular Hbond substituents is 2. The van der Waals surface area contributed by atoms with Gasteiger partial charge in [-0.1, -0.05) is 79.1 Å². The Bertz CT molecular complexity index is 2930. The van der Waals surface area contributed by atoms with E-state index < -0.39 is 6.04 Å². The summed E-state index contributed by atoms with van der Waals surface area (Å²) in [7, 11) is 0. The van der Waals surface area contributed by atoms with E-state index in [-0.39, 0.29) is 47.6 Å². The number of amides is 1. The van der Waals surface area contributed by atoms with Gasteiger partial charge in [-0.3, -0.25) is 24.2 Å². The van der Waals surface area contributed by atoms with Crippen LogP contribution >= 0.6 is 22.9 Å². The van der Waals surface area contributed by atoms with E-state index in [2.05, 4.69) is 78.2 Å². The van der Waals surface area contributed by atoms with Crippen LogP contribution in [-0.4, -0.2) is 92.4 Å². The van der Waals surface area contributed by atoms with Crippen molar-refractivity contribution in [1.82, 2.24) is 44.6 Å². The molecule has 0 saturated carbocycles. The van der Waals surface area contributed by atoms with Crippen molar-refractivity contribution < 1.29 is 20.1 Å². The van der Waals surface area contributed by atoms with E-state index in [0.29, 0.717) is 27.7 Å². The number of aromatic nitrogens is 6. The smallest absolute Gasteiger partial charge is 0.319 e. The van der Waals surface area contributed by atoms with Gasteiger partial charge in [-0.15, -0.1) is 26.6 Å². The van der Waals surface area contributed by atoms with Gasteiger partial charge in [-0.25, -0.2) is 4.57 Å². The summed E-state index contributed by atoms with van der Waals surface area (Å²) in [4.78, 5) is 25.2. The quantitative estimate of drug-likeness (QED) is 0.0929. The molecule has 7 aromatic rings. The Kier molecular flexibility index (Phi) is 12.5. The molecular weight excluding hydrogens is 872 g/mol. The van der Waals surface area contributed by atoms with Crippen LogP contribution < -0.4 is 5.32 Å². The van der Waals surface area contributed by atoms with E-state index in [1.165, 1.54) is 21.1 Å². The maximum atomic E-state index is 13.8. The number of rotatable bonds is 12. The minimum absolute atomic E-state index is 0.00436. The van der Waals surface area contributed by atoms with E-state index in [4.69, 9.17) is 16.6 Å². The second-order valence-corrected chi connectivity index (χ2v) is 19.2. The Hall–Kier alpha value is -6.39. The van der Waals surface area contributed by atoms with Crippen molar-refractivity contribution in [1.29, 1.82) is 0 Å². The number of fused-ring (bicyclic) bond motifs is 3. The number of carbonyl (C=O) groups is 1. The molecule has 0 bridgehead atoms. The van der Waals surface area contributed by atoms with Crippen LogP contribution in [0, 0.1) is 20.8 Å². The number of aromatic hydroxyl groups is 3. The van der Waals surface area contributed by atoms with Crippen molar-refractivity contribution in [2.75, 3.05) is 26.2 Å². The van der Waals surface area contributed by atoms with Crippen molar-refractivity contribution in [2.24, 2.45) is 4.99 Å². The highest BCUT2D eigenvalue weighted by Gasteiger charge is 2.33. The molecule has 0 radical (unpaired) electrons. The third-order valence-electron chi connectivity index (χ3n) is 12.7. The molecule has 16 heteroatoms. The third-order valence-corrected chi connectivity index (χ3v) is 14.2. The van der Waals surface area contributed by atoms with Gasteiger partial charge in [-0.05, 0) is 91.8 Å². The van der Waals surface area contributed by atoms with Gasteiger partial charge >= 0.3 is 6.01 Å². The van der Waals surface area contributed by atoms with Crippen molar-refractivity contribution in [3.05, 3.63) is 145 Å². The zero-order valence-electron chi connectivity index (χ0n) is 37.8. The Labute approximate surface area is 392 Å². The minimum atomic E-state index is -0.546. The van der Waals surface area contributed by atoms with Crippen LogP contribution in [0.3, 0.4) is 0 Å². The molecule has 340 valence electrons. The van der Waals surface area contributed by atoms with Gasteiger partial charge in [0, 0.05) is 66.4 Å². The van der Waals surface area contributed by atoms with Gasteiger partial charge in [0.1, 0.15) is 28.4 Å². The summed E-state index contributed by atoms with van der Waals surface area (Å²) < 4.78 is 3.55. The van der Waals surface area contributed by atoms with E-state index in [1.54, 1.807) is 17.4 Å². The molecule has 66 heavy (non-hydrogen) atoms. The minimum Gasteiger partial charge on any atom is -0.508 e. The lowest BCUT2D eigenvalue weighted by Gasteiger charge is -2.34. The number of hydrogen-bond donors (Lipinski definition) is 4. The number of aliphatic imine (C=N–C) groups is 1. The first kappa shape index (κ1) is 44.8. The molecular formula is C50H53ClN10O4S. The Morgan fingerprint density at radius 1 is 0.788 bits per heavy atom. The number of hydrogen-bond acceptors (Lipinski definition) is 12. The zero-order chi connectivity index (χ0) is 46.4. The SMILES string of the molecule is Cc1sc2c(c1C)C(c1ccc(Cl)cc1)=N[C@H](CC(=O)N[C@H](C)c1ccc(CN3CCN(Cc4ccc(-n5c(O)nnc5-c5cc(C(C)C)c(O)cc5O)cc4)CC3)cc1)c1nnc(C)n1-2. The highest BCUT2D eigenvalue weighted by molar-refractivity contribution is 7.15. The van der Waals surface area contributed by atoms with E-state index in [1.807, 2.05) is 76.2 Å². The van der Waals surface area contributed by atoms with Gasteiger partial charge in [0.25, 0.3) is 0 Å². The molecule has 2 aliphatic heterocycles. The fraction of sp³-hybridized carbons (Fsp3) is 0.320. The van der Waals surface area contributed by atoms with Gasteiger partial charge in [-0.2, -0.15) is 0 Å². The number of carbonyl (C=O) groups excluding carboxylic acids is 1. The van der Waals surface area contributed by atoms with Gasteiger partial charge in [0.15, 0.2) is 11.6 Å². The maximum Gasteiger partial charge on any atom is 0.319 e. The molecule has 0 aliphatic carbocycles. The summed E-state index contributed by atoms with van der Waals surface area (Å²) in [5.41, 5.74) is 8.99. The lowest BCUT2D eigenvalue weighted by atomic mass is 9.98. The standard InChI is InChI=1S/C50H53ClN10O4S/c1-28(2)39-23-40(43(63)25-42(39)62)47-55-57-50(65)61(47)38-17-9-34(10-18-38)27-59-21-19-58(20-22-59)26-33-7-11-35(12-8-33)30(4)52-44(64)24-41-48-56-54-32(6)60(48)49-45(29(3)31(5)66-49)46(53-41)36-13-15-37(51)16-14-36/h7-18,23,25,28,30,41,62-63H,19-22,24,26-27H2,1-6H3,(H,52,64)(H,57,65)/t30-,41-/m1/s1. The first-order valence-electron chi connectivity index (χ1n) is 22.2. The second kappa shape index (κ2) is 18.5. The first-order chi connectivity index (χ1) is 31.7. The average molecular weight is 926 g/mol. The predicted molar refractivity (Wildman–Crippen MR) is 257 cm³/mol. The lowest BCUT2D eigenvalue weighted by Crippen LogP contribution is -2.45. The number of phenols is 2. The fourth-order valence-electron chi connectivity index (χ4n) is 8.90. The summed E-state index contributed by atoms with van der Waals surface area (Å²) in [5.74, 6) is 1.42. The Balaban J connectivity index is 0.795. The van der Waals surface area contributed by atoms with Crippen LogP contribution in [0.25, 0.3) is 22.1 Å². The molecule has 4 aromatic carbocycles. The molecule has 14 nitrogen and oxygen atoms in total. The van der Waals surface area contributed by atoms with Gasteiger partial charge in [0.2, 0.25) is 5.91 Å².